The molecule has 3 saturated heterocycles. The molecule has 0 unspecified atom stereocenters. The number of nitrogens with one attached hydrogen (secondary N) is 2. The van der Waals surface area contributed by atoms with E-state index in [9.17, 15) is 27.6 Å². The number of fused-ring (bicyclic) bond motifs is 5. The molecule has 2 N–H and O–H groups in total. The monoisotopic (exact) mass is 651 g/mol. The molecular weight excluding hydrogens is 610 g/mol. The number of benzene rings is 2. The van der Waals surface area contributed by atoms with Crippen LogP contribution >= 0.6 is 0 Å². The van der Waals surface area contributed by atoms with Crippen LogP contribution in [-0.4, -0.2) is 92.2 Å². The molecule has 3 fully saturated rings. The van der Waals surface area contributed by atoms with E-state index in [1.807, 2.05) is 35.2 Å². The van der Waals surface area contributed by atoms with Gasteiger partial charge in [-0.15, -0.1) is 0 Å². The van der Waals surface area contributed by atoms with Crippen molar-refractivity contribution in [2.45, 2.75) is 69.0 Å². The van der Waals surface area contributed by atoms with Gasteiger partial charge in [-0.3, -0.25) is 19.2 Å². The fourth-order valence-electron chi connectivity index (χ4n) is 7.35. The van der Waals surface area contributed by atoms with Crippen molar-refractivity contribution in [1.82, 2.24) is 19.8 Å². The minimum Gasteiger partial charge on any atom is -0.490 e. The molecule has 246 valence electrons. The predicted molar refractivity (Wildman–Crippen MR) is 169 cm³/mol. The normalized spacial score (nSPS) is 27.6. The zero-order valence-corrected chi connectivity index (χ0v) is 27.0. The van der Waals surface area contributed by atoms with Crippen LogP contribution < -0.4 is 20.3 Å². The minimum absolute atomic E-state index is 0.0889. The SMILES string of the molecule is CC(=O)N1CCOc2ccc(S(=O)(=O)N3C[C@@H]4C[C@H](C3)[C@@H]3CCCC(=O)N[C@H](C)C(=O)N[C@@H](Cc5ccccc5)C(=O)N3C4)cc21. The van der Waals surface area contributed by atoms with Crippen molar-refractivity contribution in [3.8, 4) is 5.75 Å². The van der Waals surface area contributed by atoms with Gasteiger partial charge in [-0.25, -0.2) is 8.42 Å². The van der Waals surface area contributed by atoms with Crippen LogP contribution in [0.2, 0.25) is 0 Å². The van der Waals surface area contributed by atoms with Crippen molar-refractivity contribution in [3.05, 3.63) is 54.1 Å². The molecule has 2 bridgehead atoms. The molecule has 13 heteroatoms. The third-order valence-electron chi connectivity index (χ3n) is 9.60. The first-order valence-electron chi connectivity index (χ1n) is 16.0. The summed E-state index contributed by atoms with van der Waals surface area (Å²) in [5, 5.41) is 5.65. The van der Waals surface area contributed by atoms with E-state index in [1.54, 1.807) is 13.0 Å². The van der Waals surface area contributed by atoms with Crippen LogP contribution in [-0.2, 0) is 35.6 Å². The molecule has 0 aliphatic carbocycles. The Morgan fingerprint density at radius 2 is 1.80 bits per heavy atom. The molecule has 0 radical (unpaired) electrons. The number of carbonyl (C=O) groups excluding carboxylic acids is 4. The first kappa shape index (κ1) is 32.0. The number of amides is 4. The van der Waals surface area contributed by atoms with E-state index < -0.39 is 28.0 Å². The molecule has 2 aromatic carbocycles. The van der Waals surface area contributed by atoms with Crippen molar-refractivity contribution in [1.29, 1.82) is 0 Å². The van der Waals surface area contributed by atoms with Gasteiger partial charge in [0.25, 0.3) is 0 Å². The summed E-state index contributed by atoms with van der Waals surface area (Å²) in [6.45, 7) is 4.54. The molecule has 12 nitrogen and oxygen atoms in total. The second-order valence-corrected chi connectivity index (χ2v) is 14.8. The van der Waals surface area contributed by atoms with Crippen molar-refractivity contribution in [2.75, 3.05) is 37.7 Å². The summed E-state index contributed by atoms with van der Waals surface area (Å²) >= 11 is 0. The lowest BCUT2D eigenvalue weighted by Crippen LogP contribution is -2.63. The summed E-state index contributed by atoms with van der Waals surface area (Å²) in [4.78, 5) is 55.8. The highest BCUT2D eigenvalue weighted by molar-refractivity contribution is 7.89. The van der Waals surface area contributed by atoms with Gasteiger partial charge >= 0.3 is 0 Å². The Morgan fingerprint density at radius 1 is 1.02 bits per heavy atom. The fraction of sp³-hybridized carbons (Fsp3) is 0.515. The van der Waals surface area contributed by atoms with Crippen LogP contribution in [0.3, 0.4) is 0 Å². The number of rotatable bonds is 4. The Hall–Kier alpha value is -3.97. The number of hydrogen-bond acceptors (Lipinski definition) is 7. The van der Waals surface area contributed by atoms with Gasteiger partial charge in [0, 0.05) is 45.4 Å². The molecule has 0 saturated carbocycles. The molecule has 0 aromatic heterocycles. The Kier molecular flexibility index (Phi) is 9.06. The van der Waals surface area contributed by atoms with Gasteiger partial charge in [0.15, 0.2) is 0 Å². The van der Waals surface area contributed by atoms with E-state index in [-0.39, 0.29) is 60.0 Å². The largest absolute Gasteiger partial charge is 0.490 e. The quantitative estimate of drug-likeness (QED) is 0.512. The number of anilines is 1. The molecule has 46 heavy (non-hydrogen) atoms. The zero-order chi connectivity index (χ0) is 32.6. The van der Waals surface area contributed by atoms with Gasteiger partial charge < -0.3 is 25.2 Å². The summed E-state index contributed by atoms with van der Waals surface area (Å²) in [5.74, 6) is -0.833. The third-order valence-corrected chi connectivity index (χ3v) is 11.4. The fourth-order valence-corrected chi connectivity index (χ4v) is 8.95. The topological polar surface area (TPSA) is 145 Å². The lowest BCUT2D eigenvalue weighted by atomic mass is 9.78. The molecule has 4 aliphatic rings. The van der Waals surface area contributed by atoms with E-state index >= 15 is 0 Å². The summed E-state index contributed by atoms with van der Waals surface area (Å²) in [7, 11) is -3.94. The van der Waals surface area contributed by atoms with E-state index in [0.717, 1.165) is 12.0 Å². The van der Waals surface area contributed by atoms with Crippen LogP contribution in [0.1, 0.15) is 45.1 Å². The molecule has 5 atom stereocenters. The summed E-state index contributed by atoms with van der Waals surface area (Å²) < 4.78 is 35.3. The van der Waals surface area contributed by atoms with Crippen LogP contribution in [0.4, 0.5) is 5.69 Å². The lowest BCUT2D eigenvalue weighted by molar-refractivity contribution is -0.145. The van der Waals surface area contributed by atoms with Crippen LogP contribution in [0.15, 0.2) is 53.4 Å². The van der Waals surface area contributed by atoms with Crippen LogP contribution in [0, 0.1) is 11.8 Å². The molecule has 0 spiro atoms. The van der Waals surface area contributed by atoms with Gasteiger partial charge in [0.1, 0.15) is 24.4 Å². The summed E-state index contributed by atoms with van der Waals surface area (Å²) in [6.07, 6.45) is 2.29. The van der Waals surface area contributed by atoms with Gasteiger partial charge in [0.05, 0.1) is 17.1 Å². The number of sulfonamides is 1. The average Bonchev–Trinajstić information content (AvgIpc) is 3.04. The predicted octanol–water partition coefficient (Wildman–Crippen LogP) is 1.69. The number of ether oxygens (including phenoxy) is 1. The average molecular weight is 652 g/mol. The second-order valence-electron chi connectivity index (χ2n) is 12.8. The van der Waals surface area contributed by atoms with Gasteiger partial charge in [-0.1, -0.05) is 30.3 Å². The highest BCUT2D eigenvalue weighted by Gasteiger charge is 2.47. The first-order valence-corrected chi connectivity index (χ1v) is 17.4. The Morgan fingerprint density at radius 3 is 2.57 bits per heavy atom. The third kappa shape index (κ3) is 6.48. The Bertz CT molecular complexity index is 1620. The van der Waals surface area contributed by atoms with E-state index in [0.29, 0.717) is 50.4 Å². The molecule has 6 rings (SSSR count). The smallest absolute Gasteiger partial charge is 0.245 e. The zero-order valence-electron chi connectivity index (χ0n) is 26.2. The second kappa shape index (κ2) is 13.0. The minimum atomic E-state index is -3.94. The van der Waals surface area contributed by atoms with Crippen molar-refractivity contribution < 1.29 is 32.3 Å². The summed E-state index contributed by atoms with van der Waals surface area (Å²) in [5.41, 5.74) is 1.34. The molecule has 4 aliphatic heterocycles. The number of hydrogen-bond donors (Lipinski definition) is 2. The highest BCUT2D eigenvalue weighted by Crippen LogP contribution is 2.40. The molecule has 4 amide bonds. The lowest BCUT2D eigenvalue weighted by Gasteiger charge is -2.51. The van der Waals surface area contributed by atoms with Crippen molar-refractivity contribution in [2.24, 2.45) is 11.8 Å². The van der Waals surface area contributed by atoms with Crippen LogP contribution in [0.5, 0.6) is 5.75 Å². The van der Waals surface area contributed by atoms with Crippen LogP contribution in [0.25, 0.3) is 0 Å². The number of nitrogens with zero attached hydrogens (tertiary/aromatic N) is 3. The molecule has 2 aromatic rings. The van der Waals surface area contributed by atoms with Gasteiger partial charge in [-0.2, -0.15) is 4.31 Å². The van der Waals surface area contributed by atoms with E-state index in [1.165, 1.54) is 28.3 Å². The maximum absolute atomic E-state index is 14.3. The number of piperidine rings is 2. The Balaban J connectivity index is 1.28. The Labute approximate surface area is 269 Å². The van der Waals surface area contributed by atoms with Gasteiger partial charge in [-0.05, 0) is 61.8 Å². The summed E-state index contributed by atoms with van der Waals surface area (Å²) in [6, 6.07) is 12.2. The number of carbonyl (C=O) groups is 4. The maximum atomic E-state index is 14.3. The van der Waals surface area contributed by atoms with Crippen molar-refractivity contribution in [3.63, 3.8) is 0 Å². The highest BCUT2D eigenvalue weighted by atomic mass is 32.2. The standard InChI is InChI=1S/C33H41N5O7S/c1-21-32(41)35-27(16-23-7-4-3-5-8-23)33(42)38-19-24-15-25(28(38)9-6-10-31(40)34-21)20-36(18-24)46(43,44)26-11-12-30-29(17-26)37(22(2)39)13-14-45-30/h3-5,7-8,11-12,17,21,24-25,27-28H,6,9-10,13-16,18-20H2,1-2H3,(H,34,40)(H,35,41)/t21-,24+,25-,27+,28+/m1/s1. The van der Waals surface area contributed by atoms with E-state index in [2.05, 4.69) is 10.6 Å². The molecule has 4 heterocycles. The van der Waals surface area contributed by atoms with Gasteiger partial charge in [0.2, 0.25) is 33.7 Å². The molecular formula is C33H41N5O7S. The van der Waals surface area contributed by atoms with E-state index in [4.69, 9.17) is 4.74 Å². The maximum Gasteiger partial charge on any atom is 0.245 e. The van der Waals surface area contributed by atoms with Crippen molar-refractivity contribution >= 4 is 39.3 Å². The first-order chi connectivity index (χ1) is 22.0.